The standard InChI is InChI=1S/C38H41N2O6PSi/c1-26(46-48(3,4)5)34-32(25-33(41)27-21-23-28(24-22-27)35(42)39-2)40(36(34)43)37(38(44)45)47(29-15-9-6-10-16-29,30-17-11-7-12-18-30)31-19-13-8-14-20-31/h6-24,26,32,34H,25H2,1-5H3,(H,39,42)(H,44,45)/t26-,32-,34-/m1/s1. The molecule has 4 aromatic carbocycles. The molecule has 0 aromatic heterocycles. The number of β-lactam (4-membered cyclic amide) rings is 1. The van der Waals surface area contributed by atoms with Crippen LogP contribution in [0.3, 0.4) is 0 Å². The van der Waals surface area contributed by atoms with Crippen LogP contribution in [0.2, 0.25) is 19.6 Å². The molecule has 0 spiro atoms. The fourth-order valence-corrected chi connectivity index (χ4v) is 12.2. The topological polar surface area (TPSA) is 113 Å². The molecule has 5 rings (SSSR count). The number of carbonyl (C=O) groups is 4. The molecule has 10 heteroatoms. The van der Waals surface area contributed by atoms with Crippen LogP contribution in [0, 0.1) is 5.92 Å². The summed E-state index contributed by atoms with van der Waals surface area (Å²) in [6.45, 7) is 4.72. The smallest absolute Gasteiger partial charge is 0.353 e. The minimum atomic E-state index is -3.22. The van der Waals surface area contributed by atoms with Gasteiger partial charge in [0.2, 0.25) is 5.91 Å². The van der Waals surface area contributed by atoms with E-state index in [4.69, 9.17) is 4.43 Å². The average molecular weight is 681 g/mol. The van der Waals surface area contributed by atoms with Gasteiger partial charge in [0.25, 0.3) is 5.91 Å². The number of carbonyl (C=O) groups excluding carboxylic acids is 3. The van der Waals surface area contributed by atoms with Gasteiger partial charge in [0.1, 0.15) is 5.42 Å². The van der Waals surface area contributed by atoms with Gasteiger partial charge in [0, 0.05) is 31.5 Å². The predicted molar refractivity (Wildman–Crippen MR) is 195 cm³/mol. The fraction of sp³-hybridized carbons (Fsp3) is 0.237. The van der Waals surface area contributed by atoms with Crippen LogP contribution in [0.5, 0.6) is 0 Å². The highest BCUT2D eigenvalue weighted by atomic mass is 31.2. The van der Waals surface area contributed by atoms with Crippen molar-refractivity contribution in [2.75, 3.05) is 7.05 Å². The maximum absolute atomic E-state index is 14.5. The molecule has 4 aromatic rings. The average Bonchev–Trinajstić information content (AvgIpc) is 3.08. The maximum atomic E-state index is 14.5. The van der Waals surface area contributed by atoms with Gasteiger partial charge >= 0.3 is 5.97 Å². The molecule has 3 atom stereocenters. The van der Waals surface area contributed by atoms with Crippen molar-refractivity contribution >= 4 is 60.1 Å². The molecular formula is C38H41N2O6PSi. The lowest BCUT2D eigenvalue weighted by atomic mass is 9.79. The number of benzene rings is 4. The minimum absolute atomic E-state index is 0.0414. The molecule has 1 saturated heterocycles. The molecule has 1 heterocycles. The first-order valence-corrected chi connectivity index (χ1v) is 21.1. The van der Waals surface area contributed by atoms with Crippen LogP contribution >= 0.6 is 6.89 Å². The van der Waals surface area contributed by atoms with E-state index in [0.717, 1.165) is 15.9 Å². The number of hydrogen-bond donors (Lipinski definition) is 2. The molecule has 1 fully saturated rings. The molecule has 8 nitrogen and oxygen atoms in total. The quantitative estimate of drug-likeness (QED) is 0.0954. The first-order valence-electron chi connectivity index (χ1n) is 15.9. The molecular weight excluding hydrogens is 639 g/mol. The van der Waals surface area contributed by atoms with Gasteiger partial charge in [-0.1, -0.05) is 103 Å². The third kappa shape index (κ3) is 6.72. The van der Waals surface area contributed by atoms with Gasteiger partial charge in [-0.25, -0.2) is 4.79 Å². The molecule has 0 aliphatic carbocycles. The third-order valence-electron chi connectivity index (χ3n) is 8.57. The predicted octanol–water partition coefficient (Wildman–Crippen LogP) is 4.89. The molecule has 0 unspecified atom stereocenters. The Morgan fingerprint density at radius 3 is 1.62 bits per heavy atom. The van der Waals surface area contributed by atoms with E-state index < -0.39 is 39.2 Å². The van der Waals surface area contributed by atoms with Crippen molar-refractivity contribution in [3.63, 3.8) is 0 Å². The highest BCUT2D eigenvalue weighted by Gasteiger charge is 2.56. The monoisotopic (exact) mass is 680 g/mol. The molecule has 0 bridgehead atoms. The molecule has 248 valence electrons. The van der Waals surface area contributed by atoms with Crippen molar-refractivity contribution in [2.45, 2.75) is 45.1 Å². The number of likely N-dealkylation sites (tertiary alicyclic amines) is 1. The zero-order chi connectivity index (χ0) is 34.6. The van der Waals surface area contributed by atoms with Crippen LogP contribution in [0.25, 0.3) is 0 Å². The van der Waals surface area contributed by atoms with E-state index in [1.807, 2.05) is 118 Å². The number of carboxylic acid groups (broad SMARTS) is 1. The fourth-order valence-electron chi connectivity index (χ4n) is 6.63. The van der Waals surface area contributed by atoms with E-state index in [0.29, 0.717) is 11.1 Å². The Balaban J connectivity index is 1.76. The highest BCUT2D eigenvalue weighted by Crippen LogP contribution is 2.50. The van der Waals surface area contributed by atoms with Crippen molar-refractivity contribution in [1.82, 2.24) is 10.2 Å². The molecule has 0 radical (unpaired) electrons. The van der Waals surface area contributed by atoms with Crippen molar-refractivity contribution < 1.29 is 28.7 Å². The van der Waals surface area contributed by atoms with Crippen molar-refractivity contribution in [2.24, 2.45) is 5.92 Å². The van der Waals surface area contributed by atoms with Crippen LogP contribution in [-0.2, 0) is 14.0 Å². The number of nitrogens with one attached hydrogen (secondary N) is 1. The van der Waals surface area contributed by atoms with Crippen LogP contribution in [0.1, 0.15) is 34.1 Å². The summed E-state index contributed by atoms with van der Waals surface area (Å²) in [7, 11) is -0.590. The van der Waals surface area contributed by atoms with Gasteiger partial charge in [0.15, 0.2) is 14.1 Å². The van der Waals surface area contributed by atoms with Crippen LogP contribution in [0.4, 0.5) is 0 Å². The van der Waals surface area contributed by atoms with E-state index in [1.54, 1.807) is 24.3 Å². The number of hydrogen-bond acceptors (Lipinski definition) is 5. The van der Waals surface area contributed by atoms with Crippen LogP contribution < -0.4 is 21.2 Å². The summed E-state index contributed by atoms with van der Waals surface area (Å²) in [5.74, 6) is -2.87. The summed E-state index contributed by atoms with van der Waals surface area (Å²) >= 11 is 0. The molecule has 2 N–H and O–H groups in total. The minimum Gasteiger partial charge on any atom is -0.477 e. The Morgan fingerprint density at radius 2 is 1.23 bits per heavy atom. The first kappa shape index (κ1) is 34.8. The van der Waals surface area contributed by atoms with E-state index in [2.05, 4.69) is 5.32 Å². The lowest BCUT2D eigenvalue weighted by Gasteiger charge is -2.51. The van der Waals surface area contributed by atoms with Crippen molar-refractivity contribution in [3.05, 3.63) is 126 Å². The lowest BCUT2D eigenvalue weighted by molar-refractivity contribution is -0.155. The number of Topliss-reactive ketones (excluding diaryl/α,β-unsaturated/α-hetero) is 1. The number of nitrogens with zero attached hydrogens (tertiary/aromatic N) is 1. The number of aliphatic carboxylic acids is 1. The normalized spacial score (nSPS) is 16.9. The molecule has 1 aliphatic heterocycles. The summed E-state index contributed by atoms with van der Waals surface area (Å²) in [6.07, 6.45) is -0.661. The summed E-state index contributed by atoms with van der Waals surface area (Å²) < 4.78 is 6.40. The summed E-state index contributed by atoms with van der Waals surface area (Å²) in [4.78, 5) is 55.8. The number of carboxylic acids is 1. The molecule has 0 saturated carbocycles. The first-order chi connectivity index (χ1) is 22.9. The Labute approximate surface area is 282 Å². The Hall–Kier alpha value is -4.56. The second kappa shape index (κ2) is 14.3. The zero-order valence-corrected chi connectivity index (χ0v) is 29.7. The van der Waals surface area contributed by atoms with Crippen LogP contribution in [-0.4, -0.2) is 66.5 Å². The SMILES string of the molecule is CNC(=O)c1ccc(C(=O)C[C@@H]2[C@@H]([C@@H](C)O[Si](C)(C)C)C(=O)N2C(C(=O)O)=P(c2ccccc2)(c2ccccc2)c2ccccc2)cc1. The van der Waals surface area contributed by atoms with Gasteiger partial charge in [-0.05, 0) is 54.6 Å². The zero-order valence-electron chi connectivity index (χ0n) is 27.8. The second-order valence-corrected chi connectivity index (χ2v) is 20.6. The summed E-state index contributed by atoms with van der Waals surface area (Å²) in [5.41, 5.74) is 0.737. The molecule has 48 heavy (non-hydrogen) atoms. The summed E-state index contributed by atoms with van der Waals surface area (Å²) in [6, 6.07) is 34.0. The van der Waals surface area contributed by atoms with E-state index in [-0.39, 0.29) is 29.4 Å². The van der Waals surface area contributed by atoms with Gasteiger partial charge in [0.05, 0.1) is 18.1 Å². The maximum Gasteiger partial charge on any atom is 0.353 e. The molecule has 1 aliphatic rings. The van der Waals surface area contributed by atoms with Gasteiger partial charge < -0.3 is 19.7 Å². The van der Waals surface area contributed by atoms with E-state index in [1.165, 1.54) is 11.9 Å². The Bertz CT molecular complexity index is 1750. The van der Waals surface area contributed by atoms with Gasteiger partial charge in [-0.2, -0.15) is 0 Å². The van der Waals surface area contributed by atoms with Crippen LogP contribution in [0.15, 0.2) is 115 Å². The van der Waals surface area contributed by atoms with Crippen molar-refractivity contribution in [1.29, 1.82) is 0 Å². The number of rotatable bonds is 12. The van der Waals surface area contributed by atoms with E-state index >= 15 is 0 Å². The van der Waals surface area contributed by atoms with Gasteiger partial charge in [-0.15, -0.1) is 0 Å². The molecule has 2 amide bonds. The largest absolute Gasteiger partial charge is 0.477 e. The number of amides is 2. The lowest BCUT2D eigenvalue weighted by Crippen LogP contribution is -2.69. The van der Waals surface area contributed by atoms with Crippen molar-refractivity contribution in [3.8, 4) is 0 Å². The number of ketones is 1. The Morgan fingerprint density at radius 1 is 0.792 bits per heavy atom. The summed E-state index contributed by atoms with van der Waals surface area (Å²) in [5, 5.41) is 16.2. The Kier molecular flexibility index (Phi) is 10.3. The van der Waals surface area contributed by atoms with Gasteiger partial charge in [-0.3, -0.25) is 14.4 Å². The third-order valence-corrected chi connectivity index (χ3v) is 13.9. The highest BCUT2D eigenvalue weighted by molar-refractivity contribution is 7.96. The van der Waals surface area contributed by atoms with E-state index in [9.17, 15) is 24.3 Å². The second-order valence-electron chi connectivity index (χ2n) is 12.8.